The minimum atomic E-state index is -0.0189. The molecule has 3 rings (SSSR count). The monoisotopic (exact) mass is 305 g/mol. The second kappa shape index (κ2) is 5.81. The number of rotatable bonds is 2. The molecule has 0 unspecified atom stereocenters. The number of nitrogens with zero attached hydrogens (tertiary/aromatic N) is 5. The predicted molar refractivity (Wildman–Crippen MR) is 78.5 cm³/mol. The van der Waals surface area contributed by atoms with Crippen molar-refractivity contribution in [1.82, 2.24) is 25.1 Å². The van der Waals surface area contributed by atoms with Crippen LogP contribution in [0.15, 0.2) is 24.5 Å². The molecule has 7 heteroatoms. The second-order valence-corrected chi connectivity index (χ2v) is 5.85. The first-order valence-electron chi connectivity index (χ1n) is 6.97. The fourth-order valence-electron chi connectivity index (χ4n) is 2.70. The zero-order valence-electron chi connectivity index (χ0n) is 11.7. The van der Waals surface area contributed by atoms with Crippen molar-refractivity contribution in [2.24, 2.45) is 5.92 Å². The summed E-state index contributed by atoms with van der Waals surface area (Å²) in [5.41, 5.74) is 1.18. The second-order valence-electron chi connectivity index (χ2n) is 5.41. The molecule has 110 valence electrons. The molecule has 0 spiro atoms. The number of aromatic nitrogens is 4. The Hall–Kier alpha value is -1.95. The Bertz CT molecular complexity index is 643. The number of carbonyl (C=O) groups is 1. The van der Waals surface area contributed by atoms with Gasteiger partial charge in [0, 0.05) is 18.1 Å². The predicted octanol–water partition coefficient (Wildman–Crippen LogP) is 2.19. The summed E-state index contributed by atoms with van der Waals surface area (Å²) in [6.45, 7) is 3.73. The van der Waals surface area contributed by atoms with Crippen molar-refractivity contribution in [2.45, 2.75) is 19.8 Å². The summed E-state index contributed by atoms with van der Waals surface area (Å²) in [5.74, 6) is 0.507. The summed E-state index contributed by atoms with van der Waals surface area (Å²) >= 11 is 6.06. The molecule has 1 amide bonds. The smallest absolute Gasteiger partial charge is 0.256 e. The Morgan fingerprint density at radius 2 is 2.29 bits per heavy atom. The van der Waals surface area contributed by atoms with Crippen LogP contribution in [-0.4, -0.2) is 44.1 Å². The van der Waals surface area contributed by atoms with Gasteiger partial charge >= 0.3 is 0 Å². The van der Waals surface area contributed by atoms with Gasteiger partial charge in [-0.15, -0.1) is 5.10 Å². The number of tetrazole rings is 1. The summed E-state index contributed by atoms with van der Waals surface area (Å²) in [7, 11) is 0. The lowest BCUT2D eigenvalue weighted by atomic mass is 9.99. The number of piperidine rings is 1. The number of hydrogen-bond donors (Lipinski definition) is 0. The van der Waals surface area contributed by atoms with Crippen molar-refractivity contribution in [3.05, 3.63) is 35.1 Å². The van der Waals surface area contributed by atoms with Crippen LogP contribution in [0.4, 0.5) is 0 Å². The van der Waals surface area contributed by atoms with Crippen LogP contribution in [0.5, 0.6) is 0 Å². The highest BCUT2D eigenvalue weighted by molar-refractivity contribution is 6.31. The quantitative estimate of drug-likeness (QED) is 0.853. The number of halogens is 1. The molecule has 6 nitrogen and oxygen atoms in total. The van der Waals surface area contributed by atoms with E-state index in [0.29, 0.717) is 22.2 Å². The zero-order valence-corrected chi connectivity index (χ0v) is 12.5. The summed E-state index contributed by atoms with van der Waals surface area (Å²) < 4.78 is 1.48. The Balaban J connectivity index is 1.97. The SMILES string of the molecule is C[C@@H]1CCCN(C(=O)c2cc(Cl)ccc2-n2cnnn2)C1. The van der Waals surface area contributed by atoms with Crippen molar-refractivity contribution in [1.29, 1.82) is 0 Å². The fourth-order valence-corrected chi connectivity index (χ4v) is 2.87. The van der Waals surface area contributed by atoms with Crippen LogP contribution in [0.3, 0.4) is 0 Å². The molecule has 1 atom stereocenters. The third-order valence-corrected chi connectivity index (χ3v) is 3.96. The van der Waals surface area contributed by atoms with Crippen molar-refractivity contribution >= 4 is 17.5 Å². The van der Waals surface area contributed by atoms with E-state index in [1.54, 1.807) is 18.2 Å². The van der Waals surface area contributed by atoms with E-state index < -0.39 is 0 Å². The standard InChI is InChI=1S/C14H16ClN5O/c1-10-3-2-6-19(8-10)14(21)12-7-11(15)4-5-13(12)20-9-16-17-18-20/h4-5,7,9-10H,2-3,6,8H2,1H3/t10-/m1/s1. The first kappa shape index (κ1) is 14.0. The molecule has 0 N–H and O–H groups in total. The Labute approximate surface area is 127 Å². The largest absolute Gasteiger partial charge is 0.338 e. The van der Waals surface area contributed by atoms with Gasteiger partial charge in [-0.1, -0.05) is 18.5 Å². The van der Waals surface area contributed by atoms with Crippen LogP contribution >= 0.6 is 11.6 Å². The van der Waals surface area contributed by atoms with Crippen molar-refractivity contribution < 1.29 is 4.79 Å². The topological polar surface area (TPSA) is 63.9 Å². The average Bonchev–Trinajstić information content (AvgIpc) is 3.00. The first-order valence-corrected chi connectivity index (χ1v) is 7.35. The molecule has 2 aromatic rings. The highest BCUT2D eigenvalue weighted by Crippen LogP contribution is 2.23. The van der Waals surface area contributed by atoms with E-state index in [9.17, 15) is 4.79 Å². The van der Waals surface area contributed by atoms with Crippen molar-refractivity contribution in [3.8, 4) is 5.69 Å². The third-order valence-electron chi connectivity index (χ3n) is 3.73. The maximum atomic E-state index is 12.8. The fraction of sp³-hybridized carbons (Fsp3) is 0.429. The first-order chi connectivity index (χ1) is 10.1. The van der Waals surface area contributed by atoms with Crippen LogP contribution in [-0.2, 0) is 0 Å². The Kier molecular flexibility index (Phi) is 3.88. The molecule has 1 fully saturated rings. The van der Waals surface area contributed by atoms with Gasteiger partial charge in [-0.2, -0.15) is 4.68 Å². The van der Waals surface area contributed by atoms with E-state index in [-0.39, 0.29) is 5.91 Å². The number of amides is 1. The molecule has 1 aliphatic heterocycles. The lowest BCUT2D eigenvalue weighted by molar-refractivity contribution is 0.0683. The van der Waals surface area contributed by atoms with Gasteiger partial charge in [0.25, 0.3) is 5.91 Å². The minimum absolute atomic E-state index is 0.0189. The van der Waals surface area contributed by atoms with Crippen LogP contribution in [0, 0.1) is 5.92 Å². The molecule has 1 aromatic carbocycles. The van der Waals surface area contributed by atoms with E-state index in [1.807, 2.05) is 4.90 Å². The lowest BCUT2D eigenvalue weighted by Gasteiger charge is -2.31. The highest BCUT2D eigenvalue weighted by atomic mass is 35.5. The van der Waals surface area contributed by atoms with Crippen LogP contribution in [0.2, 0.25) is 5.02 Å². The maximum Gasteiger partial charge on any atom is 0.256 e. The van der Waals surface area contributed by atoms with Crippen LogP contribution < -0.4 is 0 Å². The molecule has 2 heterocycles. The summed E-state index contributed by atoms with van der Waals surface area (Å²) in [4.78, 5) is 14.7. The van der Waals surface area contributed by atoms with Gasteiger partial charge in [-0.25, -0.2) is 0 Å². The van der Waals surface area contributed by atoms with Crippen LogP contribution in [0.1, 0.15) is 30.1 Å². The molecular weight excluding hydrogens is 290 g/mol. The van der Waals surface area contributed by atoms with Gasteiger partial charge in [0.15, 0.2) is 0 Å². The number of benzene rings is 1. The third kappa shape index (κ3) is 2.90. The summed E-state index contributed by atoms with van der Waals surface area (Å²) in [5, 5.41) is 11.6. The van der Waals surface area contributed by atoms with E-state index in [4.69, 9.17) is 11.6 Å². The van der Waals surface area contributed by atoms with E-state index >= 15 is 0 Å². The normalized spacial score (nSPS) is 18.8. The van der Waals surface area contributed by atoms with Crippen molar-refractivity contribution in [2.75, 3.05) is 13.1 Å². The molecule has 0 bridgehead atoms. The molecule has 1 saturated heterocycles. The molecule has 1 aliphatic rings. The van der Waals surface area contributed by atoms with E-state index in [2.05, 4.69) is 22.4 Å². The molecule has 0 saturated carbocycles. The Morgan fingerprint density at radius 3 is 3.00 bits per heavy atom. The van der Waals surface area contributed by atoms with Gasteiger partial charge in [0.05, 0.1) is 11.3 Å². The minimum Gasteiger partial charge on any atom is -0.338 e. The number of carbonyl (C=O) groups excluding carboxylic acids is 1. The molecule has 21 heavy (non-hydrogen) atoms. The number of hydrogen-bond acceptors (Lipinski definition) is 4. The van der Waals surface area contributed by atoms with Gasteiger partial charge < -0.3 is 4.90 Å². The van der Waals surface area contributed by atoms with E-state index in [1.165, 1.54) is 17.4 Å². The molecule has 0 aliphatic carbocycles. The van der Waals surface area contributed by atoms with Gasteiger partial charge in [-0.3, -0.25) is 4.79 Å². The van der Waals surface area contributed by atoms with Gasteiger partial charge in [0.1, 0.15) is 6.33 Å². The zero-order chi connectivity index (χ0) is 14.8. The molecule has 0 radical (unpaired) electrons. The van der Waals surface area contributed by atoms with Gasteiger partial charge in [0.2, 0.25) is 0 Å². The lowest BCUT2D eigenvalue weighted by Crippen LogP contribution is -2.39. The van der Waals surface area contributed by atoms with Gasteiger partial charge in [-0.05, 0) is 47.4 Å². The highest BCUT2D eigenvalue weighted by Gasteiger charge is 2.24. The van der Waals surface area contributed by atoms with Crippen molar-refractivity contribution in [3.63, 3.8) is 0 Å². The summed E-state index contributed by atoms with van der Waals surface area (Å²) in [6.07, 6.45) is 3.67. The summed E-state index contributed by atoms with van der Waals surface area (Å²) in [6, 6.07) is 5.17. The maximum absolute atomic E-state index is 12.8. The number of likely N-dealkylation sites (tertiary alicyclic amines) is 1. The van der Waals surface area contributed by atoms with E-state index in [0.717, 1.165) is 19.5 Å². The molecular formula is C14H16ClN5O. The average molecular weight is 306 g/mol. The Morgan fingerprint density at radius 1 is 1.43 bits per heavy atom. The molecule has 1 aromatic heterocycles. The van der Waals surface area contributed by atoms with Crippen LogP contribution in [0.25, 0.3) is 5.69 Å².